The lowest BCUT2D eigenvalue weighted by Gasteiger charge is -1.98. The predicted octanol–water partition coefficient (Wildman–Crippen LogP) is 0.720. The summed E-state index contributed by atoms with van der Waals surface area (Å²) in [7, 11) is 0. The second kappa shape index (κ2) is 4.60. The molecule has 0 saturated heterocycles. The quantitative estimate of drug-likeness (QED) is 0.418. The van der Waals surface area contributed by atoms with E-state index in [-0.39, 0.29) is 18.1 Å². The number of carbonyl (C=O) groups excluding carboxylic acids is 1. The van der Waals surface area contributed by atoms with Crippen molar-refractivity contribution in [3.63, 3.8) is 0 Å². The normalized spacial score (nSPS) is 24.1. The Labute approximate surface area is 87.0 Å². The van der Waals surface area contributed by atoms with Crippen molar-refractivity contribution >= 4 is 11.9 Å². The van der Waals surface area contributed by atoms with E-state index in [4.69, 9.17) is 10.4 Å². The molecular weight excluding hydrogens is 198 g/mol. The SMILES string of the molecule is CCOC(=O)/C(C#N)=C/[C@@H]1C[C@H]1C(=O)O. The molecule has 2 atom stereocenters. The topological polar surface area (TPSA) is 87.4 Å². The number of hydrogen-bond acceptors (Lipinski definition) is 4. The van der Waals surface area contributed by atoms with Crippen LogP contribution in [-0.2, 0) is 14.3 Å². The van der Waals surface area contributed by atoms with Crippen LogP contribution in [0.4, 0.5) is 0 Å². The molecule has 1 aliphatic rings. The van der Waals surface area contributed by atoms with E-state index < -0.39 is 17.9 Å². The number of allylic oxidation sites excluding steroid dienone is 1. The highest BCUT2D eigenvalue weighted by Gasteiger charge is 2.42. The number of esters is 1. The Bertz CT molecular complexity index is 353. The van der Waals surface area contributed by atoms with E-state index in [9.17, 15) is 9.59 Å². The second-order valence-corrected chi connectivity index (χ2v) is 3.26. The molecule has 0 amide bonds. The summed E-state index contributed by atoms with van der Waals surface area (Å²) in [5, 5.41) is 17.3. The number of nitriles is 1. The number of carboxylic acid groups (broad SMARTS) is 1. The molecule has 0 radical (unpaired) electrons. The van der Waals surface area contributed by atoms with Crippen LogP contribution in [0.25, 0.3) is 0 Å². The zero-order valence-electron chi connectivity index (χ0n) is 8.27. The van der Waals surface area contributed by atoms with E-state index in [2.05, 4.69) is 4.74 Å². The Morgan fingerprint density at radius 1 is 1.67 bits per heavy atom. The van der Waals surface area contributed by atoms with Crippen LogP contribution in [-0.4, -0.2) is 23.7 Å². The summed E-state index contributed by atoms with van der Waals surface area (Å²) >= 11 is 0. The first-order valence-corrected chi connectivity index (χ1v) is 4.62. The first-order chi connectivity index (χ1) is 7.10. The van der Waals surface area contributed by atoms with Crippen LogP contribution >= 0.6 is 0 Å². The molecule has 80 valence electrons. The van der Waals surface area contributed by atoms with E-state index in [1.165, 1.54) is 6.08 Å². The van der Waals surface area contributed by atoms with E-state index in [1.807, 2.05) is 0 Å². The number of hydrogen-bond donors (Lipinski definition) is 1. The Morgan fingerprint density at radius 2 is 2.33 bits per heavy atom. The zero-order valence-corrected chi connectivity index (χ0v) is 8.27. The Morgan fingerprint density at radius 3 is 2.73 bits per heavy atom. The Balaban J connectivity index is 2.61. The summed E-state index contributed by atoms with van der Waals surface area (Å²) in [5.41, 5.74) is -0.106. The summed E-state index contributed by atoms with van der Waals surface area (Å²) < 4.78 is 4.64. The van der Waals surface area contributed by atoms with Gasteiger partial charge < -0.3 is 9.84 Å². The van der Waals surface area contributed by atoms with E-state index in [1.54, 1.807) is 13.0 Å². The molecule has 0 aliphatic heterocycles. The molecule has 5 heteroatoms. The fourth-order valence-electron chi connectivity index (χ4n) is 1.26. The third-order valence-corrected chi connectivity index (χ3v) is 2.15. The van der Waals surface area contributed by atoms with Gasteiger partial charge in [-0.15, -0.1) is 0 Å². The van der Waals surface area contributed by atoms with Gasteiger partial charge in [-0.3, -0.25) is 4.79 Å². The highest BCUT2D eigenvalue weighted by atomic mass is 16.5. The van der Waals surface area contributed by atoms with Gasteiger partial charge in [-0.25, -0.2) is 4.79 Å². The average molecular weight is 209 g/mol. The molecule has 1 saturated carbocycles. The van der Waals surface area contributed by atoms with Gasteiger partial charge >= 0.3 is 11.9 Å². The lowest BCUT2D eigenvalue weighted by molar-refractivity contribution is -0.139. The van der Waals surface area contributed by atoms with Crippen LogP contribution in [0, 0.1) is 23.2 Å². The molecule has 0 aromatic heterocycles. The Kier molecular flexibility index (Phi) is 3.45. The van der Waals surface area contributed by atoms with E-state index in [0.717, 1.165) is 0 Å². The zero-order chi connectivity index (χ0) is 11.4. The fraction of sp³-hybridized carbons (Fsp3) is 0.500. The van der Waals surface area contributed by atoms with Crippen molar-refractivity contribution in [1.82, 2.24) is 0 Å². The number of aliphatic carboxylic acids is 1. The lowest BCUT2D eigenvalue weighted by Crippen LogP contribution is -2.07. The molecule has 15 heavy (non-hydrogen) atoms. The maximum atomic E-state index is 11.2. The van der Waals surface area contributed by atoms with Crippen molar-refractivity contribution in [2.45, 2.75) is 13.3 Å². The molecular formula is C10H11NO4. The molecule has 0 unspecified atom stereocenters. The summed E-state index contributed by atoms with van der Waals surface area (Å²) in [4.78, 5) is 21.7. The number of carbonyl (C=O) groups is 2. The van der Waals surface area contributed by atoms with Gasteiger partial charge in [-0.05, 0) is 19.3 Å². The summed E-state index contributed by atoms with van der Waals surface area (Å²) in [5.74, 6) is -2.24. The molecule has 1 aliphatic carbocycles. The molecule has 1 fully saturated rings. The van der Waals surface area contributed by atoms with Gasteiger partial charge in [0.05, 0.1) is 12.5 Å². The summed E-state index contributed by atoms with van der Waals surface area (Å²) in [6.45, 7) is 1.84. The van der Waals surface area contributed by atoms with Gasteiger partial charge in [0.1, 0.15) is 11.6 Å². The number of rotatable bonds is 4. The summed E-state index contributed by atoms with van der Waals surface area (Å²) in [6.07, 6.45) is 1.87. The van der Waals surface area contributed by atoms with Crippen LogP contribution < -0.4 is 0 Å². The smallest absolute Gasteiger partial charge is 0.348 e. The largest absolute Gasteiger partial charge is 0.481 e. The molecule has 1 rings (SSSR count). The fourth-order valence-corrected chi connectivity index (χ4v) is 1.26. The minimum atomic E-state index is -0.891. The molecule has 0 aromatic carbocycles. The predicted molar refractivity (Wildman–Crippen MR) is 49.6 cm³/mol. The van der Waals surface area contributed by atoms with Crippen molar-refractivity contribution in [1.29, 1.82) is 5.26 Å². The average Bonchev–Trinajstić information content (AvgIpc) is 2.93. The molecule has 0 bridgehead atoms. The van der Waals surface area contributed by atoms with Crippen molar-refractivity contribution in [3.8, 4) is 6.07 Å². The lowest BCUT2D eigenvalue weighted by atomic mass is 10.2. The van der Waals surface area contributed by atoms with E-state index >= 15 is 0 Å². The van der Waals surface area contributed by atoms with Gasteiger partial charge in [0.2, 0.25) is 0 Å². The third kappa shape index (κ3) is 2.81. The summed E-state index contributed by atoms with van der Waals surface area (Å²) in [6, 6.07) is 1.71. The number of carboxylic acids is 1. The van der Waals surface area contributed by atoms with Gasteiger partial charge in [-0.1, -0.05) is 6.08 Å². The van der Waals surface area contributed by atoms with Gasteiger partial charge in [0.15, 0.2) is 0 Å². The maximum Gasteiger partial charge on any atom is 0.348 e. The van der Waals surface area contributed by atoms with Crippen molar-refractivity contribution in [2.24, 2.45) is 11.8 Å². The van der Waals surface area contributed by atoms with Crippen molar-refractivity contribution < 1.29 is 19.4 Å². The molecule has 0 spiro atoms. The minimum Gasteiger partial charge on any atom is -0.481 e. The van der Waals surface area contributed by atoms with Crippen molar-refractivity contribution in [3.05, 3.63) is 11.6 Å². The molecule has 1 N–H and O–H groups in total. The minimum absolute atomic E-state index is 0.106. The molecule has 0 aromatic rings. The van der Waals surface area contributed by atoms with Crippen LogP contribution in [0.5, 0.6) is 0 Å². The van der Waals surface area contributed by atoms with Crippen LogP contribution in [0.2, 0.25) is 0 Å². The number of ether oxygens (including phenoxy) is 1. The van der Waals surface area contributed by atoms with E-state index in [0.29, 0.717) is 6.42 Å². The third-order valence-electron chi connectivity index (χ3n) is 2.15. The monoisotopic (exact) mass is 209 g/mol. The highest BCUT2D eigenvalue weighted by Crippen LogP contribution is 2.40. The van der Waals surface area contributed by atoms with Crippen LogP contribution in [0.3, 0.4) is 0 Å². The van der Waals surface area contributed by atoms with Crippen LogP contribution in [0.1, 0.15) is 13.3 Å². The van der Waals surface area contributed by atoms with Crippen molar-refractivity contribution in [2.75, 3.05) is 6.61 Å². The van der Waals surface area contributed by atoms with Gasteiger partial charge in [0.25, 0.3) is 0 Å². The van der Waals surface area contributed by atoms with Gasteiger partial charge in [0, 0.05) is 0 Å². The maximum absolute atomic E-state index is 11.2. The molecule has 0 heterocycles. The number of nitrogens with zero attached hydrogens (tertiary/aromatic N) is 1. The molecule has 5 nitrogen and oxygen atoms in total. The van der Waals surface area contributed by atoms with Gasteiger partial charge in [-0.2, -0.15) is 5.26 Å². The van der Waals surface area contributed by atoms with Crippen LogP contribution in [0.15, 0.2) is 11.6 Å². The second-order valence-electron chi connectivity index (χ2n) is 3.26. The highest BCUT2D eigenvalue weighted by molar-refractivity contribution is 5.93. The Hall–Kier alpha value is -1.83. The first-order valence-electron chi connectivity index (χ1n) is 4.62. The first kappa shape index (κ1) is 11.2. The standard InChI is InChI=1S/C10H11NO4/c1-2-15-10(14)7(5-11)3-6-4-8(6)9(12)13/h3,6,8H,2,4H2,1H3,(H,12,13)/b7-3+/t6-,8-/m1/s1.